The Bertz CT molecular complexity index is 506. The van der Waals surface area contributed by atoms with Crippen LogP contribution in [0.4, 0.5) is 5.69 Å². The van der Waals surface area contributed by atoms with Crippen LogP contribution in [-0.2, 0) is 0 Å². The SMILES string of the molecule is CCOc1nccn2cc([N+](=O)[O-])cc12. The highest BCUT2D eigenvalue weighted by atomic mass is 16.6. The molecule has 78 valence electrons. The number of aromatic nitrogens is 2. The molecule has 0 N–H and O–H groups in total. The summed E-state index contributed by atoms with van der Waals surface area (Å²) in [5.74, 6) is 0.410. The first-order chi connectivity index (χ1) is 7.22. The van der Waals surface area contributed by atoms with Crippen molar-refractivity contribution in [1.82, 2.24) is 9.38 Å². The first-order valence-corrected chi connectivity index (χ1v) is 4.46. The molecule has 0 spiro atoms. The normalized spacial score (nSPS) is 10.5. The van der Waals surface area contributed by atoms with Gasteiger partial charge >= 0.3 is 0 Å². The average Bonchev–Trinajstić information content (AvgIpc) is 2.63. The van der Waals surface area contributed by atoms with E-state index in [9.17, 15) is 10.1 Å². The summed E-state index contributed by atoms with van der Waals surface area (Å²) in [7, 11) is 0. The second-order valence-corrected chi connectivity index (χ2v) is 2.91. The number of ether oxygens (including phenoxy) is 1. The van der Waals surface area contributed by atoms with E-state index >= 15 is 0 Å². The topological polar surface area (TPSA) is 69.7 Å². The van der Waals surface area contributed by atoms with Gasteiger partial charge in [-0.05, 0) is 6.92 Å². The number of nitrogens with zero attached hydrogens (tertiary/aromatic N) is 3. The van der Waals surface area contributed by atoms with Crippen LogP contribution in [0.3, 0.4) is 0 Å². The van der Waals surface area contributed by atoms with Gasteiger partial charge in [-0.3, -0.25) is 10.1 Å². The Morgan fingerprint density at radius 3 is 3.13 bits per heavy atom. The maximum atomic E-state index is 10.6. The Kier molecular flexibility index (Phi) is 2.24. The van der Waals surface area contributed by atoms with E-state index in [1.807, 2.05) is 6.92 Å². The lowest BCUT2D eigenvalue weighted by molar-refractivity contribution is -0.384. The van der Waals surface area contributed by atoms with E-state index in [0.717, 1.165) is 0 Å². The van der Waals surface area contributed by atoms with Crippen LogP contribution in [0.1, 0.15) is 6.92 Å². The van der Waals surface area contributed by atoms with Crippen molar-refractivity contribution in [3.63, 3.8) is 0 Å². The van der Waals surface area contributed by atoms with Gasteiger partial charge in [-0.25, -0.2) is 4.98 Å². The van der Waals surface area contributed by atoms with Crippen molar-refractivity contribution < 1.29 is 9.66 Å². The summed E-state index contributed by atoms with van der Waals surface area (Å²) in [6.07, 6.45) is 4.62. The molecule has 0 aliphatic carbocycles. The minimum absolute atomic E-state index is 0.0314. The predicted molar refractivity (Wildman–Crippen MR) is 53.0 cm³/mol. The smallest absolute Gasteiger partial charge is 0.288 e. The van der Waals surface area contributed by atoms with E-state index in [2.05, 4.69) is 4.98 Å². The average molecular weight is 207 g/mol. The van der Waals surface area contributed by atoms with Crippen molar-refractivity contribution in [1.29, 1.82) is 0 Å². The molecule has 0 saturated carbocycles. The van der Waals surface area contributed by atoms with Crippen LogP contribution in [0.5, 0.6) is 5.88 Å². The monoisotopic (exact) mass is 207 g/mol. The summed E-state index contributed by atoms with van der Waals surface area (Å²) in [5.41, 5.74) is 0.634. The first kappa shape index (κ1) is 9.45. The fourth-order valence-corrected chi connectivity index (χ4v) is 1.35. The van der Waals surface area contributed by atoms with E-state index in [1.54, 1.807) is 16.8 Å². The summed E-state index contributed by atoms with van der Waals surface area (Å²) in [6, 6.07) is 1.44. The molecule has 0 saturated heterocycles. The van der Waals surface area contributed by atoms with E-state index in [-0.39, 0.29) is 5.69 Å². The summed E-state index contributed by atoms with van der Waals surface area (Å²) in [6.45, 7) is 2.31. The zero-order valence-corrected chi connectivity index (χ0v) is 8.08. The molecule has 0 aliphatic heterocycles. The molecule has 2 aromatic rings. The molecular weight excluding hydrogens is 198 g/mol. The second-order valence-electron chi connectivity index (χ2n) is 2.91. The van der Waals surface area contributed by atoms with E-state index in [4.69, 9.17) is 4.74 Å². The number of hydrogen-bond donors (Lipinski definition) is 0. The van der Waals surface area contributed by atoms with E-state index in [1.165, 1.54) is 12.3 Å². The van der Waals surface area contributed by atoms with Crippen LogP contribution in [-0.4, -0.2) is 20.9 Å². The Labute approximate surface area is 85.3 Å². The summed E-state index contributed by atoms with van der Waals surface area (Å²) < 4.78 is 6.88. The second kappa shape index (κ2) is 3.56. The molecule has 0 bridgehead atoms. The van der Waals surface area contributed by atoms with Gasteiger partial charge in [-0.1, -0.05) is 0 Å². The Morgan fingerprint density at radius 1 is 1.67 bits per heavy atom. The van der Waals surface area contributed by atoms with Crippen molar-refractivity contribution in [3.8, 4) is 5.88 Å². The lowest BCUT2D eigenvalue weighted by atomic mass is 10.4. The van der Waals surface area contributed by atoms with Gasteiger partial charge in [-0.15, -0.1) is 0 Å². The molecule has 0 atom stereocenters. The van der Waals surface area contributed by atoms with Gasteiger partial charge in [0.15, 0.2) is 0 Å². The molecule has 0 aliphatic rings. The van der Waals surface area contributed by atoms with Crippen molar-refractivity contribution >= 4 is 11.2 Å². The third kappa shape index (κ3) is 1.61. The Hall–Kier alpha value is -2.11. The number of hydrogen-bond acceptors (Lipinski definition) is 4. The summed E-state index contributed by atoms with van der Waals surface area (Å²) >= 11 is 0. The molecule has 0 unspecified atom stereocenters. The highest BCUT2D eigenvalue weighted by molar-refractivity contribution is 5.62. The fraction of sp³-hybridized carbons (Fsp3) is 0.222. The first-order valence-electron chi connectivity index (χ1n) is 4.46. The van der Waals surface area contributed by atoms with Crippen LogP contribution in [0.2, 0.25) is 0 Å². The molecule has 0 fully saturated rings. The van der Waals surface area contributed by atoms with Crippen molar-refractivity contribution in [2.45, 2.75) is 6.92 Å². The third-order valence-corrected chi connectivity index (χ3v) is 1.96. The van der Waals surface area contributed by atoms with Crippen LogP contribution in [0.25, 0.3) is 5.52 Å². The highest BCUT2D eigenvalue weighted by Crippen LogP contribution is 2.23. The zero-order chi connectivity index (χ0) is 10.8. The maximum Gasteiger partial charge on any atom is 0.288 e. The highest BCUT2D eigenvalue weighted by Gasteiger charge is 2.12. The Balaban J connectivity index is 2.59. The van der Waals surface area contributed by atoms with Gasteiger partial charge in [0.1, 0.15) is 5.52 Å². The van der Waals surface area contributed by atoms with Crippen LogP contribution in [0.15, 0.2) is 24.7 Å². The fourth-order valence-electron chi connectivity index (χ4n) is 1.35. The maximum absolute atomic E-state index is 10.6. The molecule has 0 aromatic carbocycles. The minimum atomic E-state index is -0.442. The summed E-state index contributed by atoms with van der Waals surface area (Å²) in [5, 5.41) is 10.6. The van der Waals surface area contributed by atoms with Crippen molar-refractivity contribution in [2.75, 3.05) is 6.61 Å². The number of rotatable bonds is 3. The standard InChI is InChI=1S/C9H9N3O3/c1-2-15-9-8-5-7(12(13)14)6-11(8)4-3-10-9/h3-6H,2H2,1H3. The molecule has 2 aromatic heterocycles. The molecule has 2 heterocycles. The van der Waals surface area contributed by atoms with Gasteiger partial charge in [0, 0.05) is 18.5 Å². The molecule has 15 heavy (non-hydrogen) atoms. The largest absolute Gasteiger partial charge is 0.476 e. The molecule has 0 radical (unpaired) electrons. The van der Waals surface area contributed by atoms with Crippen LogP contribution in [0, 0.1) is 10.1 Å². The quantitative estimate of drug-likeness (QED) is 0.566. The van der Waals surface area contributed by atoms with Gasteiger partial charge in [0.25, 0.3) is 5.69 Å². The van der Waals surface area contributed by atoms with Gasteiger partial charge in [0.05, 0.1) is 17.7 Å². The lowest BCUT2D eigenvalue weighted by Crippen LogP contribution is -1.96. The predicted octanol–water partition coefficient (Wildman–Crippen LogP) is 1.64. The molecular formula is C9H9N3O3. The van der Waals surface area contributed by atoms with Crippen molar-refractivity contribution in [2.24, 2.45) is 0 Å². The van der Waals surface area contributed by atoms with Gasteiger partial charge < -0.3 is 9.14 Å². The van der Waals surface area contributed by atoms with Crippen LogP contribution >= 0.6 is 0 Å². The van der Waals surface area contributed by atoms with Crippen molar-refractivity contribution in [3.05, 3.63) is 34.8 Å². The third-order valence-electron chi connectivity index (χ3n) is 1.96. The van der Waals surface area contributed by atoms with Gasteiger partial charge in [-0.2, -0.15) is 0 Å². The lowest BCUT2D eigenvalue weighted by Gasteiger charge is -2.02. The van der Waals surface area contributed by atoms with E-state index < -0.39 is 4.92 Å². The zero-order valence-electron chi connectivity index (χ0n) is 8.08. The molecule has 2 rings (SSSR count). The Morgan fingerprint density at radius 2 is 2.47 bits per heavy atom. The molecule has 0 amide bonds. The van der Waals surface area contributed by atoms with Gasteiger partial charge in [0.2, 0.25) is 5.88 Å². The number of nitro groups is 1. The minimum Gasteiger partial charge on any atom is -0.476 e. The van der Waals surface area contributed by atoms with E-state index in [0.29, 0.717) is 18.0 Å². The molecule has 6 nitrogen and oxygen atoms in total. The molecule has 6 heteroatoms. The van der Waals surface area contributed by atoms with Crippen LogP contribution < -0.4 is 4.74 Å². The number of fused-ring (bicyclic) bond motifs is 1. The summed E-state index contributed by atoms with van der Waals surface area (Å²) in [4.78, 5) is 14.1.